The van der Waals surface area contributed by atoms with Crippen molar-refractivity contribution in [2.24, 2.45) is 5.73 Å². The van der Waals surface area contributed by atoms with Gasteiger partial charge in [0.05, 0.1) is 22.9 Å². The number of fused-ring (bicyclic) bond motifs is 1. The molecule has 1 heterocycles. The number of nitrogens with zero attached hydrogens (tertiary/aromatic N) is 1. The Hall–Kier alpha value is -1.60. The zero-order valence-electron chi connectivity index (χ0n) is 12.0. The van der Waals surface area contributed by atoms with Crippen LogP contribution in [0.2, 0.25) is 0 Å². The molecular formula is C14H20N2O4S. The minimum absolute atomic E-state index is 0.0181. The smallest absolute Gasteiger partial charge is 0.227 e. The lowest BCUT2D eigenvalue weighted by atomic mass is 10.2. The van der Waals surface area contributed by atoms with Crippen LogP contribution >= 0.6 is 0 Å². The minimum Gasteiger partial charge on any atom is -0.490 e. The van der Waals surface area contributed by atoms with Crippen molar-refractivity contribution in [2.45, 2.75) is 24.7 Å². The highest BCUT2D eigenvalue weighted by atomic mass is 32.2. The summed E-state index contributed by atoms with van der Waals surface area (Å²) in [6.45, 7) is 2.85. The van der Waals surface area contributed by atoms with Gasteiger partial charge in [0, 0.05) is 13.0 Å². The Morgan fingerprint density at radius 3 is 2.86 bits per heavy atom. The predicted octanol–water partition coefficient (Wildman–Crippen LogP) is 0.945. The number of amides is 1. The van der Waals surface area contributed by atoms with E-state index in [0.717, 1.165) is 6.42 Å². The molecular weight excluding hydrogens is 292 g/mol. The number of hydrogen-bond donors (Lipinski definition) is 1. The first-order valence-corrected chi connectivity index (χ1v) is 8.65. The molecule has 0 aromatic heterocycles. The van der Waals surface area contributed by atoms with E-state index in [9.17, 15) is 13.2 Å². The second kappa shape index (κ2) is 6.44. The van der Waals surface area contributed by atoms with Crippen molar-refractivity contribution in [3.8, 4) is 5.75 Å². The second-order valence-corrected chi connectivity index (χ2v) is 6.99. The van der Waals surface area contributed by atoms with E-state index in [4.69, 9.17) is 10.5 Å². The molecule has 0 atom stereocenters. The lowest BCUT2D eigenvalue weighted by Gasteiger charge is -2.30. The number of ether oxygens (including phenoxy) is 1. The molecule has 1 aromatic carbocycles. The van der Waals surface area contributed by atoms with Gasteiger partial charge in [-0.25, -0.2) is 8.42 Å². The Labute approximate surface area is 124 Å². The lowest BCUT2D eigenvalue weighted by molar-refractivity contribution is -0.118. The van der Waals surface area contributed by atoms with Crippen molar-refractivity contribution < 1.29 is 17.9 Å². The molecule has 0 fully saturated rings. The highest BCUT2D eigenvalue weighted by molar-refractivity contribution is 7.91. The van der Waals surface area contributed by atoms with E-state index in [1.165, 1.54) is 12.1 Å². The fourth-order valence-corrected chi connectivity index (χ4v) is 3.38. The summed E-state index contributed by atoms with van der Waals surface area (Å²) in [5.41, 5.74) is 5.86. The van der Waals surface area contributed by atoms with Gasteiger partial charge in [0.2, 0.25) is 5.91 Å². The molecule has 0 radical (unpaired) electrons. The van der Waals surface area contributed by atoms with Gasteiger partial charge in [-0.3, -0.25) is 4.79 Å². The molecule has 7 heteroatoms. The van der Waals surface area contributed by atoms with Gasteiger partial charge in [-0.1, -0.05) is 6.92 Å². The van der Waals surface area contributed by atoms with Gasteiger partial charge in [-0.2, -0.15) is 0 Å². The predicted molar refractivity (Wildman–Crippen MR) is 80.3 cm³/mol. The number of rotatable bonds is 5. The standard InChI is InChI=1S/C14H20N2O4S/c1-2-3-14(17)16-7-8-20-13-5-4-11(10-12(13)16)21(18,19)9-6-15/h4-5,10H,2-3,6-9,15H2,1H3. The average Bonchev–Trinajstić information content (AvgIpc) is 2.46. The highest BCUT2D eigenvalue weighted by Crippen LogP contribution is 2.34. The van der Waals surface area contributed by atoms with E-state index >= 15 is 0 Å². The Kier molecular flexibility index (Phi) is 4.84. The third-order valence-electron chi connectivity index (χ3n) is 3.30. The Balaban J connectivity index is 2.40. The first-order chi connectivity index (χ1) is 9.99. The van der Waals surface area contributed by atoms with E-state index in [-0.39, 0.29) is 23.1 Å². The second-order valence-electron chi connectivity index (χ2n) is 4.88. The van der Waals surface area contributed by atoms with Crippen LogP contribution in [0.15, 0.2) is 23.1 Å². The van der Waals surface area contributed by atoms with Crippen molar-refractivity contribution in [3.05, 3.63) is 18.2 Å². The van der Waals surface area contributed by atoms with Gasteiger partial charge < -0.3 is 15.4 Å². The molecule has 1 amide bonds. The van der Waals surface area contributed by atoms with Crippen molar-refractivity contribution in [2.75, 3.05) is 30.3 Å². The van der Waals surface area contributed by atoms with Crippen LogP contribution < -0.4 is 15.4 Å². The van der Waals surface area contributed by atoms with Crippen LogP contribution in [0.1, 0.15) is 19.8 Å². The summed E-state index contributed by atoms with van der Waals surface area (Å²) < 4.78 is 29.7. The topological polar surface area (TPSA) is 89.7 Å². The zero-order chi connectivity index (χ0) is 15.5. The highest BCUT2D eigenvalue weighted by Gasteiger charge is 2.25. The minimum atomic E-state index is -3.42. The molecule has 0 aliphatic carbocycles. The number of carbonyl (C=O) groups is 1. The Morgan fingerprint density at radius 1 is 1.43 bits per heavy atom. The summed E-state index contributed by atoms with van der Waals surface area (Å²) in [6, 6.07) is 4.61. The number of nitrogens with two attached hydrogens (primary N) is 1. The number of sulfone groups is 1. The van der Waals surface area contributed by atoms with E-state index < -0.39 is 9.84 Å². The molecule has 2 N–H and O–H groups in total. The number of hydrogen-bond acceptors (Lipinski definition) is 5. The first-order valence-electron chi connectivity index (χ1n) is 6.99. The fraction of sp³-hybridized carbons (Fsp3) is 0.500. The van der Waals surface area contributed by atoms with Gasteiger partial charge in [0.25, 0.3) is 0 Å². The van der Waals surface area contributed by atoms with E-state index in [2.05, 4.69) is 0 Å². The van der Waals surface area contributed by atoms with Crippen molar-refractivity contribution >= 4 is 21.4 Å². The van der Waals surface area contributed by atoms with Gasteiger partial charge in [-0.05, 0) is 24.6 Å². The maximum absolute atomic E-state index is 12.1. The van der Waals surface area contributed by atoms with Crippen LogP contribution in [0.25, 0.3) is 0 Å². The molecule has 1 aliphatic rings. The summed E-state index contributed by atoms with van der Waals surface area (Å²) in [7, 11) is -3.42. The van der Waals surface area contributed by atoms with Gasteiger partial charge in [0.1, 0.15) is 12.4 Å². The Bertz CT molecular complexity index is 628. The van der Waals surface area contributed by atoms with Gasteiger partial charge in [-0.15, -0.1) is 0 Å². The van der Waals surface area contributed by atoms with Crippen LogP contribution in [-0.4, -0.2) is 39.8 Å². The Morgan fingerprint density at radius 2 is 2.19 bits per heavy atom. The quantitative estimate of drug-likeness (QED) is 0.874. The summed E-state index contributed by atoms with van der Waals surface area (Å²) in [4.78, 5) is 13.9. The fourth-order valence-electron chi connectivity index (χ4n) is 2.27. The molecule has 0 spiro atoms. The van der Waals surface area contributed by atoms with Crippen LogP contribution in [0.5, 0.6) is 5.75 Å². The van der Waals surface area contributed by atoms with Crippen LogP contribution in [0.4, 0.5) is 5.69 Å². The van der Waals surface area contributed by atoms with Crippen LogP contribution in [0.3, 0.4) is 0 Å². The number of anilines is 1. The van der Waals surface area contributed by atoms with E-state index in [1.807, 2.05) is 6.92 Å². The van der Waals surface area contributed by atoms with Crippen LogP contribution in [-0.2, 0) is 14.6 Å². The maximum atomic E-state index is 12.1. The van der Waals surface area contributed by atoms with Crippen LogP contribution in [0, 0.1) is 0 Å². The molecule has 116 valence electrons. The third-order valence-corrected chi connectivity index (χ3v) is 5.05. The van der Waals surface area contributed by atoms with E-state index in [0.29, 0.717) is 31.0 Å². The van der Waals surface area contributed by atoms with Crippen molar-refractivity contribution in [1.29, 1.82) is 0 Å². The molecule has 0 saturated heterocycles. The van der Waals surface area contributed by atoms with Gasteiger partial charge in [0.15, 0.2) is 9.84 Å². The number of benzene rings is 1. The monoisotopic (exact) mass is 312 g/mol. The average molecular weight is 312 g/mol. The molecule has 1 aromatic rings. The summed E-state index contributed by atoms with van der Waals surface area (Å²) in [6.07, 6.45) is 1.18. The van der Waals surface area contributed by atoms with E-state index in [1.54, 1.807) is 11.0 Å². The third kappa shape index (κ3) is 3.36. The lowest BCUT2D eigenvalue weighted by Crippen LogP contribution is -2.37. The molecule has 21 heavy (non-hydrogen) atoms. The largest absolute Gasteiger partial charge is 0.490 e. The summed E-state index contributed by atoms with van der Waals surface area (Å²) in [5.74, 6) is 0.406. The molecule has 0 bridgehead atoms. The maximum Gasteiger partial charge on any atom is 0.227 e. The first kappa shape index (κ1) is 15.8. The molecule has 1 aliphatic heterocycles. The summed E-state index contributed by atoms with van der Waals surface area (Å²) >= 11 is 0. The van der Waals surface area contributed by atoms with Crippen molar-refractivity contribution in [3.63, 3.8) is 0 Å². The molecule has 2 rings (SSSR count). The van der Waals surface area contributed by atoms with Gasteiger partial charge >= 0.3 is 0 Å². The normalized spacial score (nSPS) is 14.5. The summed E-state index contributed by atoms with van der Waals surface area (Å²) in [5, 5.41) is 0. The SMILES string of the molecule is CCCC(=O)N1CCOc2ccc(S(=O)(=O)CCN)cc21. The number of carbonyl (C=O) groups excluding carboxylic acids is 1. The molecule has 0 unspecified atom stereocenters. The zero-order valence-corrected chi connectivity index (χ0v) is 12.9. The molecule has 6 nitrogen and oxygen atoms in total. The van der Waals surface area contributed by atoms with Crippen molar-refractivity contribution in [1.82, 2.24) is 0 Å². The molecule has 0 saturated carbocycles.